The number of amides is 1. The molecule has 1 aromatic heterocycles. The number of carbonyl (C=O) groups excluding carboxylic acids is 2. The molecule has 0 fully saturated rings. The van der Waals surface area contributed by atoms with Gasteiger partial charge in [0.2, 0.25) is 0 Å². The predicted octanol–water partition coefficient (Wildman–Crippen LogP) is 3.72. The van der Waals surface area contributed by atoms with Crippen molar-refractivity contribution >= 4 is 28.0 Å². The number of methoxy groups -OCH3 is 1. The van der Waals surface area contributed by atoms with Gasteiger partial charge in [0.05, 0.1) is 12.7 Å². The van der Waals surface area contributed by atoms with Crippen molar-refractivity contribution in [1.29, 1.82) is 0 Å². The number of aromatic amines is 1. The number of halogens is 1. The third-order valence-corrected chi connectivity index (χ3v) is 4.97. The van der Waals surface area contributed by atoms with Crippen molar-refractivity contribution in [1.82, 2.24) is 10.3 Å². The minimum absolute atomic E-state index is 0.183. The van der Waals surface area contributed by atoms with E-state index in [1.54, 1.807) is 39.1 Å². The van der Waals surface area contributed by atoms with Crippen LogP contribution in [-0.2, 0) is 20.7 Å². The van der Waals surface area contributed by atoms with Gasteiger partial charge in [-0.05, 0) is 60.3 Å². The van der Waals surface area contributed by atoms with Crippen LogP contribution in [0.1, 0.15) is 31.9 Å². The molecule has 8 heteroatoms. The molecule has 1 amide bonds. The Hall–Kier alpha value is -2.61. The van der Waals surface area contributed by atoms with Gasteiger partial charge in [-0.2, -0.15) is 0 Å². The van der Waals surface area contributed by atoms with Crippen molar-refractivity contribution < 1.29 is 19.1 Å². The van der Waals surface area contributed by atoms with Crippen LogP contribution < -0.4 is 10.9 Å². The molecule has 0 unspecified atom stereocenters. The van der Waals surface area contributed by atoms with Crippen molar-refractivity contribution in [2.75, 3.05) is 7.11 Å². The van der Waals surface area contributed by atoms with Crippen LogP contribution in [0.2, 0.25) is 0 Å². The van der Waals surface area contributed by atoms with Gasteiger partial charge in [0, 0.05) is 17.1 Å². The van der Waals surface area contributed by atoms with E-state index in [0.29, 0.717) is 5.56 Å². The molecule has 7 nitrogen and oxygen atoms in total. The number of aromatic nitrogens is 1. The molecular formula is C21H25BrN2O5. The number of hydrogen-bond acceptors (Lipinski definition) is 5. The molecule has 2 N–H and O–H groups in total. The molecule has 1 atom stereocenters. The predicted molar refractivity (Wildman–Crippen MR) is 114 cm³/mol. The van der Waals surface area contributed by atoms with Gasteiger partial charge in [-0.25, -0.2) is 9.59 Å². The van der Waals surface area contributed by atoms with Gasteiger partial charge < -0.3 is 19.8 Å². The van der Waals surface area contributed by atoms with Crippen LogP contribution in [0, 0.1) is 6.92 Å². The lowest BCUT2D eigenvalue weighted by Gasteiger charge is -2.22. The molecule has 2 rings (SSSR count). The summed E-state index contributed by atoms with van der Waals surface area (Å²) in [6.07, 6.45) is 1.14. The summed E-state index contributed by atoms with van der Waals surface area (Å²) >= 11 is 3.42. The zero-order valence-electron chi connectivity index (χ0n) is 17.1. The quantitative estimate of drug-likeness (QED) is 0.657. The number of H-pyrrole nitrogens is 1. The lowest BCUT2D eigenvalue weighted by Crippen LogP contribution is -2.45. The topological polar surface area (TPSA) is 97.5 Å². The van der Waals surface area contributed by atoms with Crippen LogP contribution in [-0.4, -0.2) is 35.8 Å². The lowest BCUT2D eigenvalue weighted by atomic mass is 9.99. The molecule has 156 valence electrons. The first-order valence-electron chi connectivity index (χ1n) is 9.06. The largest absolute Gasteiger partial charge is 0.467 e. The van der Waals surface area contributed by atoms with E-state index in [-0.39, 0.29) is 12.0 Å². The third kappa shape index (κ3) is 6.19. The average Bonchev–Trinajstić information content (AvgIpc) is 2.63. The molecule has 0 saturated heterocycles. The first-order chi connectivity index (χ1) is 13.5. The highest BCUT2D eigenvalue weighted by molar-refractivity contribution is 9.10. The molecule has 0 bridgehead atoms. The summed E-state index contributed by atoms with van der Waals surface area (Å²) in [7, 11) is 1.26. The number of hydrogen-bond donors (Lipinski definition) is 2. The average molecular weight is 465 g/mol. The Morgan fingerprint density at radius 1 is 1.21 bits per heavy atom. The van der Waals surface area contributed by atoms with Crippen LogP contribution >= 0.6 is 15.9 Å². The summed E-state index contributed by atoms with van der Waals surface area (Å²) < 4.78 is 10.8. The summed E-state index contributed by atoms with van der Waals surface area (Å²) in [5, 5.41) is 2.55. The molecule has 0 radical (unpaired) electrons. The van der Waals surface area contributed by atoms with E-state index in [9.17, 15) is 14.4 Å². The standard InChI is InChI=1S/C21H25BrN2O5/c1-12-15(22)11-23-18(25)17(12)14-8-6-13(7-9-14)10-16(19(26)28-5)24-20(27)29-21(2,3)4/h6-9,11,16H,10H2,1-5H3,(H,23,25)(H,24,27)/t16-/m0/s1. The van der Waals surface area contributed by atoms with E-state index in [4.69, 9.17) is 9.47 Å². The summed E-state index contributed by atoms with van der Waals surface area (Å²) in [5.41, 5.74) is 2.09. The highest BCUT2D eigenvalue weighted by atomic mass is 79.9. The van der Waals surface area contributed by atoms with E-state index < -0.39 is 23.7 Å². The fourth-order valence-electron chi connectivity index (χ4n) is 2.78. The lowest BCUT2D eigenvalue weighted by molar-refractivity contribution is -0.143. The third-order valence-electron chi connectivity index (χ3n) is 4.15. The van der Waals surface area contributed by atoms with Gasteiger partial charge in [-0.1, -0.05) is 24.3 Å². The second-order valence-electron chi connectivity index (χ2n) is 7.59. The Labute approximate surface area is 177 Å². The van der Waals surface area contributed by atoms with Crippen molar-refractivity contribution in [2.45, 2.75) is 45.8 Å². The monoisotopic (exact) mass is 464 g/mol. The summed E-state index contributed by atoms with van der Waals surface area (Å²) in [6, 6.07) is 6.34. The minimum Gasteiger partial charge on any atom is -0.467 e. The SMILES string of the molecule is COC(=O)[C@H](Cc1ccc(-c2c(C)c(Br)c[nH]c2=O)cc1)NC(=O)OC(C)(C)C. The number of esters is 1. The fourth-order valence-corrected chi connectivity index (χ4v) is 3.09. The van der Waals surface area contributed by atoms with Crippen LogP contribution in [0.3, 0.4) is 0 Å². The van der Waals surface area contributed by atoms with E-state index >= 15 is 0 Å². The maximum absolute atomic E-state index is 12.2. The Kier molecular flexibility index (Phi) is 7.24. The molecule has 2 aromatic rings. The molecular weight excluding hydrogens is 440 g/mol. The maximum Gasteiger partial charge on any atom is 0.408 e. The summed E-state index contributed by atoms with van der Waals surface area (Å²) in [6.45, 7) is 7.08. The first-order valence-corrected chi connectivity index (χ1v) is 9.85. The minimum atomic E-state index is -0.892. The van der Waals surface area contributed by atoms with Gasteiger partial charge in [0.25, 0.3) is 5.56 Å². The molecule has 0 aliphatic heterocycles. The molecule has 0 saturated carbocycles. The first kappa shape index (κ1) is 22.7. The van der Waals surface area contributed by atoms with Crippen LogP contribution in [0.25, 0.3) is 11.1 Å². The Morgan fingerprint density at radius 3 is 2.38 bits per heavy atom. The molecule has 0 spiro atoms. The number of pyridine rings is 1. The molecule has 29 heavy (non-hydrogen) atoms. The van der Waals surface area contributed by atoms with E-state index in [1.165, 1.54) is 7.11 Å². The van der Waals surface area contributed by atoms with E-state index in [1.807, 2.05) is 19.1 Å². The number of rotatable bonds is 5. The Bertz CT molecular complexity index is 945. The van der Waals surface area contributed by atoms with Crippen LogP contribution in [0.4, 0.5) is 4.79 Å². The maximum atomic E-state index is 12.2. The fraction of sp³-hybridized carbons (Fsp3) is 0.381. The molecule has 1 aromatic carbocycles. The number of nitrogens with one attached hydrogen (secondary N) is 2. The van der Waals surface area contributed by atoms with E-state index in [2.05, 4.69) is 26.2 Å². The zero-order chi connectivity index (χ0) is 21.8. The number of alkyl carbamates (subject to hydrolysis) is 1. The van der Waals surface area contributed by atoms with Crippen molar-refractivity contribution in [2.24, 2.45) is 0 Å². The molecule has 0 aliphatic carbocycles. The Balaban J connectivity index is 2.21. The number of carbonyl (C=O) groups is 2. The normalized spacial score (nSPS) is 12.2. The highest BCUT2D eigenvalue weighted by Gasteiger charge is 2.25. The van der Waals surface area contributed by atoms with Crippen LogP contribution in [0.5, 0.6) is 0 Å². The number of benzene rings is 1. The summed E-state index contributed by atoms with van der Waals surface area (Å²) in [4.78, 5) is 39.0. The van der Waals surface area contributed by atoms with Crippen molar-refractivity contribution in [3.63, 3.8) is 0 Å². The highest BCUT2D eigenvalue weighted by Crippen LogP contribution is 2.25. The van der Waals surface area contributed by atoms with Gasteiger partial charge in [0.1, 0.15) is 11.6 Å². The number of ether oxygens (including phenoxy) is 2. The van der Waals surface area contributed by atoms with E-state index in [0.717, 1.165) is 21.2 Å². The van der Waals surface area contributed by atoms with Gasteiger partial charge in [-0.3, -0.25) is 4.79 Å². The second kappa shape index (κ2) is 9.26. The molecule has 0 aliphatic rings. The van der Waals surface area contributed by atoms with Crippen molar-refractivity contribution in [3.8, 4) is 11.1 Å². The van der Waals surface area contributed by atoms with Gasteiger partial charge in [0.15, 0.2) is 0 Å². The van der Waals surface area contributed by atoms with Crippen molar-refractivity contribution in [3.05, 3.63) is 56.4 Å². The zero-order valence-corrected chi connectivity index (χ0v) is 18.7. The van der Waals surface area contributed by atoms with Gasteiger partial charge in [-0.15, -0.1) is 0 Å². The second-order valence-corrected chi connectivity index (χ2v) is 8.44. The smallest absolute Gasteiger partial charge is 0.408 e. The molecule has 1 heterocycles. The summed E-state index contributed by atoms with van der Waals surface area (Å²) in [5.74, 6) is -0.570. The van der Waals surface area contributed by atoms with Gasteiger partial charge >= 0.3 is 12.1 Å². The van der Waals surface area contributed by atoms with Crippen LogP contribution in [0.15, 0.2) is 39.7 Å². The Morgan fingerprint density at radius 2 is 1.83 bits per heavy atom.